The summed E-state index contributed by atoms with van der Waals surface area (Å²) in [6.45, 7) is 0. The highest BCUT2D eigenvalue weighted by atomic mass is 16.5. The highest BCUT2D eigenvalue weighted by molar-refractivity contribution is 5.30. The number of methoxy groups -OCH3 is 1. The van der Waals surface area contributed by atoms with Crippen LogP contribution in [0.1, 0.15) is 18.1 Å². The third-order valence-electron chi connectivity index (χ3n) is 2.10. The van der Waals surface area contributed by atoms with Gasteiger partial charge in [-0.05, 0) is 17.7 Å². The molecule has 1 rings (SSSR count). The Bertz CT molecular complexity index is 359. The lowest BCUT2D eigenvalue weighted by Gasteiger charge is -2.15. The molecule has 0 saturated heterocycles. The molecule has 2 atom stereocenters. The number of ether oxygens (including phenoxy) is 1. The van der Waals surface area contributed by atoms with E-state index in [0.717, 1.165) is 0 Å². The topological polar surface area (TPSA) is 73.5 Å². The SMILES string of the molecule is COc1cccc(C(O)C(O)CC#N)c1. The fourth-order valence-electron chi connectivity index (χ4n) is 1.25. The van der Waals surface area contributed by atoms with Crippen LogP contribution in [0.4, 0.5) is 0 Å². The molecule has 0 aromatic heterocycles. The van der Waals surface area contributed by atoms with E-state index in [0.29, 0.717) is 11.3 Å². The van der Waals surface area contributed by atoms with Crippen LogP contribution in [0.2, 0.25) is 0 Å². The third-order valence-corrected chi connectivity index (χ3v) is 2.10. The molecule has 0 aliphatic carbocycles. The zero-order valence-corrected chi connectivity index (χ0v) is 8.42. The first-order valence-corrected chi connectivity index (χ1v) is 4.56. The summed E-state index contributed by atoms with van der Waals surface area (Å²) in [5.74, 6) is 0.607. The van der Waals surface area contributed by atoms with Crippen molar-refractivity contribution in [3.8, 4) is 11.8 Å². The minimum absolute atomic E-state index is 0.0988. The van der Waals surface area contributed by atoms with E-state index in [2.05, 4.69) is 0 Å². The van der Waals surface area contributed by atoms with Gasteiger partial charge in [-0.3, -0.25) is 0 Å². The molecule has 0 heterocycles. The molecule has 1 aromatic rings. The predicted molar refractivity (Wildman–Crippen MR) is 54.2 cm³/mol. The Morgan fingerprint density at radius 3 is 2.80 bits per heavy atom. The molecular formula is C11H13NO3. The smallest absolute Gasteiger partial charge is 0.119 e. The van der Waals surface area contributed by atoms with Crippen LogP contribution in [0.15, 0.2) is 24.3 Å². The van der Waals surface area contributed by atoms with E-state index in [-0.39, 0.29) is 6.42 Å². The van der Waals surface area contributed by atoms with Crippen molar-refractivity contribution in [1.29, 1.82) is 5.26 Å². The highest BCUT2D eigenvalue weighted by Crippen LogP contribution is 2.22. The number of rotatable bonds is 4. The molecule has 0 aliphatic heterocycles. The molecular weight excluding hydrogens is 194 g/mol. The first-order valence-electron chi connectivity index (χ1n) is 4.56. The van der Waals surface area contributed by atoms with Crippen LogP contribution in [0.3, 0.4) is 0 Å². The zero-order valence-electron chi connectivity index (χ0n) is 8.42. The lowest BCUT2D eigenvalue weighted by Crippen LogP contribution is -2.17. The molecule has 0 saturated carbocycles. The fourth-order valence-corrected chi connectivity index (χ4v) is 1.25. The molecule has 1 aromatic carbocycles. The van der Waals surface area contributed by atoms with Crippen LogP contribution in [-0.2, 0) is 0 Å². The number of nitriles is 1. The van der Waals surface area contributed by atoms with Gasteiger partial charge in [0.1, 0.15) is 11.9 Å². The van der Waals surface area contributed by atoms with Gasteiger partial charge in [-0.25, -0.2) is 0 Å². The van der Waals surface area contributed by atoms with Crippen molar-refractivity contribution in [2.45, 2.75) is 18.6 Å². The standard InChI is InChI=1S/C11H13NO3/c1-15-9-4-2-3-8(7-9)11(14)10(13)5-6-12/h2-4,7,10-11,13-14H,5H2,1H3. The highest BCUT2D eigenvalue weighted by Gasteiger charge is 2.18. The minimum atomic E-state index is -1.07. The van der Waals surface area contributed by atoms with E-state index in [9.17, 15) is 10.2 Å². The Kier molecular flexibility index (Phi) is 4.10. The second kappa shape index (κ2) is 5.35. The molecule has 0 fully saturated rings. The van der Waals surface area contributed by atoms with Crippen molar-refractivity contribution >= 4 is 0 Å². The van der Waals surface area contributed by atoms with Crippen LogP contribution in [0.25, 0.3) is 0 Å². The zero-order chi connectivity index (χ0) is 11.3. The molecule has 0 amide bonds. The molecule has 0 bridgehead atoms. The van der Waals surface area contributed by atoms with Crippen molar-refractivity contribution in [3.63, 3.8) is 0 Å². The number of benzene rings is 1. The van der Waals surface area contributed by atoms with Gasteiger partial charge in [-0.2, -0.15) is 5.26 Å². The second-order valence-electron chi connectivity index (χ2n) is 3.15. The van der Waals surface area contributed by atoms with Gasteiger partial charge in [0, 0.05) is 0 Å². The van der Waals surface area contributed by atoms with Crippen LogP contribution in [-0.4, -0.2) is 23.4 Å². The molecule has 80 valence electrons. The predicted octanol–water partition coefficient (Wildman–Crippen LogP) is 1.00. The Hall–Kier alpha value is -1.57. The maximum absolute atomic E-state index is 9.68. The van der Waals surface area contributed by atoms with E-state index in [1.54, 1.807) is 30.3 Å². The number of hydrogen-bond acceptors (Lipinski definition) is 4. The number of hydrogen-bond donors (Lipinski definition) is 2. The van der Waals surface area contributed by atoms with E-state index in [1.165, 1.54) is 7.11 Å². The summed E-state index contributed by atoms with van der Waals surface area (Å²) in [6.07, 6.45) is -2.22. The summed E-state index contributed by atoms with van der Waals surface area (Å²) in [5, 5.41) is 27.5. The van der Waals surface area contributed by atoms with E-state index >= 15 is 0 Å². The lowest BCUT2D eigenvalue weighted by molar-refractivity contribution is 0.0215. The van der Waals surface area contributed by atoms with Gasteiger partial charge in [0.2, 0.25) is 0 Å². The third kappa shape index (κ3) is 2.94. The van der Waals surface area contributed by atoms with Crippen molar-refractivity contribution in [2.75, 3.05) is 7.11 Å². The number of aliphatic hydroxyl groups excluding tert-OH is 2. The molecule has 0 radical (unpaired) electrons. The monoisotopic (exact) mass is 207 g/mol. The molecule has 0 aliphatic rings. The summed E-state index contributed by atoms with van der Waals surface area (Å²) < 4.78 is 4.99. The molecule has 2 N–H and O–H groups in total. The first kappa shape index (κ1) is 11.5. The van der Waals surface area contributed by atoms with Gasteiger partial charge in [-0.1, -0.05) is 12.1 Å². The van der Waals surface area contributed by atoms with Crippen LogP contribution in [0.5, 0.6) is 5.75 Å². The average molecular weight is 207 g/mol. The minimum Gasteiger partial charge on any atom is -0.497 e. The largest absolute Gasteiger partial charge is 0.497 e. The summed E-state index contributed by atoms with van der Waals surface area (Å²) in [7, 11) is 1.53. The van der Waals surface area contributed by atoms with Gasteiger partial charge >= 0.3 is 0 Å². The van der Waals surface area contributed by atoms with Gasteiger partial charge in [0.05, 0.1) is 25.7 Å². The van der Waals surface area contributed by atoms with Gasteiger partial charge < -0.3 is 14.9 Å². The first-order chi connectivity index (χ1) is 7.19. The Morgan fingerprint density at radius 1 is 1.47 bits per heavy atom. The summed E-state index contributed by atoms with van der Waals surface area (Å²) in [5.41, 5.74) is 0.539. The normalized spacial score (nSPS) is 14.0. The van der Waals surface area contributed by atoms with Crippen molar-refractivity contribution in [3.05, 3.63) is 29.8 Å². The molecule has 2 unspecified atom stereocenters. The maximum Gasteiger partial charge on any atom is 0.119 e. The van der Waals surface area contributed by atoms with E-state index in [1.807, 2.05) is 0 Å². The Morgan fingerprint density at radius 2 is 2.20 bits per heavy atom. The van der Waals surface area contributed by atoms with Crippen molar-refractivity contribution < 1.29 is 14.9 Å². The average Bonchev–Trinajstić information content (AvgIpc) is 2.28. The van der Waals surface area contributed by atoms with Crippen LogP contribution >= 0.6 is 0 Å². The van der Waals surface area contributed by atoms with Gasteiger partial charge in [0.15, 0.2) is 0 Å². The summed E-state index contributed by atoms with van der Waals surface area (Å²) >= 11 is 0. The maximum atomic E-state index is 9.68. The molecule has 4 nitrogen and oxygen atoms in total. The Labute approximate surface area is 88.4 Å². The van der Waals surface area contributed by atoms with E-state index < -0.39 is 12.2 Å². The van der Waals surface area contributed by atoms with Crippen LogP contribution < -0.4 is 4.74 Å². The van der Waals surface area contributed by atoms with Gasteiger partial charge in [0.25, 0.3) is 0 Å². The van der Waals surface area contributed by atoms with Crippen molar-refractivity contribution in [2.24, 2.45) is 0 Å². The second-order valence-corrected chi connectivity index (χ2v) is 3.15. The summed E-state index contributed by atoms with van der Waals surface area (Å²) in [6, 6.07) is 8.57. The summed E-state index contributed by atoms with van der Waals surface area (Å²) in [4.78, 5) is 0. The lowest BCUT2D eigenvalue weighted by atomic mass is 10.0. The number of nitrogens with zero attached hydrogens (tertiary/aromatic N) is 1. The fraction of sp³-hybridized carbons (Fsp3) is 0.364. The van der Waals surface area contributed by atoms with Gasteiger partial charge in [-0.15, -0.1) is 0 Å². The van der Waals surface area contributed by atoms with Crippen LogP contribution in [0, 0.1) is 11.3 Å². The molecule has 0 spiro atoms. The molecule has 4 heteroatoms. The Balaban J connectivity index is 2.81. The molecule has 15 heavy (non-hydrogen) atoms. The van der Waals surface area contributed by atoms with Crippen molar-refractivity contribution in [1.82, 2.24) is 0 Å². The number of aliphatic hydroxyl groups is 2. The quantitative estimate of drug-likeness (QED) is 0.772. The van der Waals surface area contributed by atoms with E-state index in [4.69, 9.17) is 10.00 Å².